The average molecular weight is 267 g/mol. The maximum Gasteiger partial charge on any atom is 0.0952 e. The Morgan fingerprint density at radius 1 is 1.33 bits per heavy atom. The van der Waals surface area contributed by atoms with Crippen LogP contribution in [0.25, 0.3) is 0 Å². The zero-order chi connectivity index (χ0) is 12.8. The Morgan fingerprint density at radius 2 is 2.11 bits per heavy atom. The molecule has 1 unspecified atom stereocenters. The van der Waals surface area contributed by atoms with Gasteiger partial charge in [-0.1, -0.05) is 23.7 Å². The van der Waals surface area contributed by atoms with E-state index >= 15 is 0 Å². The second-order valence-electron chi connectivity index (χ2n) is 4.05. The number of aliphatic hydroxyl groups is 1. The molecule has 0 aliphatic carbocycles. The third-order valence-corrected chi connectivity index (χ3v) is 2.72. The molecule has 2 aromatic rings. The molecular weight excluding hydrogens is 252 g/mol. The van der Waals surface area contributed by atoms with E-state index in [9.17, 15) is 5.11 Å². The first-order chi connectivity index (χ1) is 8.74. The molecule has 0 saturated carbocycles. The van der Waals surface area contributed by atoms with Gasteiger partial charge >= 0.3 is 0 Å². The lowest BCUT2D eigenvalue weighted by atomic mass is 10.2. The maximum absolute atomic E-state index is 9.75. The number of imidazole rings is 1. The van der Waals surface area contributed by atoms with Gasteiger partial charge in [-0.05, 0) is 17.7 Å². The van der Waals surface area contributed by atoms with Crippen molar-refractivity contribution >= 4 is 11.6 Å². The molecule has 96 valence electrons. The van der Waals surface area contributed by atoms with Gasteiger partial charge in [0, 0.05) is 17.4 Å². The van der Waals surface area contributed by atoms with Crippen LogP contribution in [0.5, 0.6) is 0 Å². The normalized spacial score (nSPS) is 12.6. The largest absolute Gasteiger partial charge is 0.389 e. The van der Waals surface area contributed by atoms with Crippen LogP contribution in [-0.2, 0) is 17.9 Å². The molecule has 0 radical (unpaired) electrons. The molecule has 4 nitrogen and oxygen atoms in total. The molecule has 1 N–H and O–H groups in total. The van der Waals surface area contributed by atoms with Crippen LogP contribution < -0.4 is 0 Å². The minimum absolute atomic E-state index is 0.292. The van der Waals surface area contributed by atoms with Gasteiger partial charge in [0.1, 0.15) is 0 Å². The van der Waals surface area contributed by atoms with E-state index in [1.54, 1.807) is 12.5 Å². The quantitative estimate of drug-likeness (QED) is 0.871. The highest BCUT2D eigenvalue weighted by Crippen LogP contribution is 2.10. The third kappa shape index (κ3) is 4.14. The summed E-state index contributed by atoms with van der Waals surface area (Å²) >= 11 is 5.79. The zero-order valence-electron chi connectivity index (χ0n) is 9.87. The molecule has 0 amide bonds. The van der Waals surface area contributed by atoms with E-state index in [-0.39, 0.29) is 0 Å². The molecule has 5 heteroatoms. The van der Waals surface area contributed by atoms with Crippen LogP contribution in [0, 0.1) is 0 Å². The number of hydrogen-bond donors (Lipinski definition) is 1. The molecule has 0 aliphatic heterocycles. The van der Waals surface area contributed by atoms with E-state index in [2.05, 4.69) is 4.98 Å². The highest BCUT2D eigenvalue weighted by atomic mass is 35.5. The zero-order valence-corrected chi connectivity index (χ0v) is 10.6. The molecule has 0 spiro atoms. The number of hydrogen-bond acceptors (Lipinski definition) is 3. The molecule has 0 fully saturated rings. The molecule has 2 rings (SSSR count). The maximum atomic E-state index is 9.75. The van der Waals surface area contributed by atoms with E-state index < -0.39 is 6.10 Å². The van der Waals surface area contributed by atoms with Gasteiger partial charge in [-0.2, -0.15) is 0 Å². The second-order valence-corrected chi connectivity index (χ2v) is 4.49. The van der Waals surface area contributed by atoms with Gasteiger partial charge in [-0.3, -0.25) is 0 Å². The van der Waals surface area contributed by atoms with Crippen molar-refractivity contribution in [1.82, 2.24) is 9.55 Å². The first-order valence-corrected chi connectivity index (χ1v) is 6.08. The Labute approximate surface area is 111 Å². The first-order valence-electron chi connectivity index (χ1n) is 5.70. The number of ether oxygens (including phenoxy) is 1. The molecule has 0 aliphatic rings. The van der Waals surface area contributed by atoms with Crippen molar-refractivity contribution in [2.45, 2.75) is 19.3 Å². The number of nitrogens with zero attached hydrogens (tertiary/aromatic N) is 2. The van der Waals surface area contributed by atoms with Gasteiger partial charge in [-0.15, -0.1) is 0 Å². The number of aromatic nitrogens is 2. The summed E-state index contributed by atoms with van der Waals surface area (Å²) in [5.41, 5.74) is 1.04. The van der Waals surface area contributed by atoms with Gasteiger partial charge < -0.3 is 14.4 Å². The van der Waals surface area contributed by atoms with Crippen molar-refractivity contribution in [3.8, 4) is 0 Å². The minimum Gasteiger partial charge on any atom is -0.389 e. The second kappa shape index (κ2) is 6.54. The van der Waals surface area contributed by atoms with Crippen LogP contribution >= 0.6 is 11.6 Å². The minimum atomic E-state index is -0.536. The number of halogens is 1. The number of rotatable bonds is 6. The Morgan fingerprint density at radius 3 is 2.78 bits per heavy atom. The van der Waals surface area contributed by atoms with E-state index in [4.69, 9.17) is 16.3 Å². The molecular formula is C13H15ClN2O2. The van der Waals surface area contributed by atoms with Crippen molar-refractivity contribution in [3.05, 3.63) is 53.6 Å². The van der Waals surface area contributed by atoms with Crippen LogP contribution in [0.15, 0.2) is 43.0 Å². The monoisotopic (exact) mass is 266 g/mol. The predicted molar refractivity (Wildman–Crippen MR) is 69.3 cm³/mol. The fraction of sp³-hybridized carbons (Fsp3) is 0.308. The lowest BCUT2D eigenvalue weighted by Gasteiger charge is -2.11. The molecule has 0 bridgehead atoms. The van der Waals surface area contributed by atoms with Crippen LogP contribution in [0.3, 0.4) is 0 Å². The average Bonchev–Trinajstić information content (AvgIpc) is 2.84. The summed E-state index contributed by atoms with van der Waals surface area (Å²) in [7, 11) is 0. The van der Waals surface area contributed by atoms with Crippen molar-refractivity contribution in [3.63, 3.8) is 0 Å². The highest BCUT2D eigenvalue weighted by Gasteiger charge is 2.05. The summed E-state index contributed by atoms with van der Waals surface area (Å²) < 4.78 is 7.26. The van der Waals surface area contributed by atoms with Crippen LogP contribution in [0.2, 0.25) is 5.02 Å². The fourth-order valence-electron chi connectivity index (χ4n) is 1.58. The van der Waals surface area contributed by atoms with E-state index in [1.165, 1.54) is 0 Å². The molecule has 18 heavy (non-hydrogen) atoms. The number of aliphatic hydroxyl groups excluding tert-OH is 1. The van der Waals surface area contributed by atoms with Gasteiger partial charge in [0.25, 0.3) is 0 Å². The van der Waals surface area contributed by atoms with Crippen LogP contribution in [-0.4, -0.2) is 27.4 Å². The number of benzene rings is 1. The molecule has 0 saturated heterocycles. The van der Waals surface area contributed by atoms with Gasteiger partial charge in [0.15, 0.2) is 0 Å². The van der Waals surface area contributed by atoms with E-state index in [1.807, 2.05) is 35.0 Å². The van der Waals surface area contributed by atoms with Crippen molar-refractivity contribution in [1.29, 1.82) is 0 Å². The molecule has 1 heterocycles. The van der Waals surface area contributed by atoms with Crippen molar-refractivity contribution in [2.24, 2.45) is 0 Å². The Hall–Kier alpha value is -1.36. The van der Waals surface area contributed by atoms with Crippen LogP contribution in [0.4, 0.5) is 0 Å². The summed E-state index contributed by atoms with van der Waals surface area (Å²) in [6, 6.07) is 7.46. The highest BCUT2D eigenvalue weighted by molar-refractivity contribution is 6.30. The summed E-state index contributed by atoms with van der Waals surface area (Å²) in [6.07, 6.45) is 4.62. The predicted octanol–water partition coefficient (Wildman–Crippen LogP) is 2.11. The van der Waals surface area contributed by atoms with Gasteiger partial charge in [0.2, 0.25) is 0 Å². The topological polar surface area (TPSA) is 47.3 Å². The van der Waals surface area contributed by atoms with E-state index in [0.29, 0.717) is 24.8 Å². The summed E-state index contributed by atoms with van der Waals surface area (Å²) in [5.74, 6) is 0. The summed E-state index contributed by atoms with van der Waals surface area (Å²) in [5, 5.41) is 10.5. The van der Waals surface area contributed by atoms with Gasteiger partial charge in [0.05, 0.1) is 32.2 Å². The smallest absolute Gasteiger partial charge is 0.0952 e. The molecule has 1 aromatic heterocycles. The molecule has 1 atom stereocenters. The first kappa shape index (κ1) is 13.1. The Kier molecular flexibility index (Phi) is 4.75. The van der Waals surface area contributed by atoms with Crippen molar-refractivity contribution < 1.29 is 9.84 Å². The van der Waals surface area contributed by atoms with Gasteiger partial charge in [-0.25, -0.2) is 4.98 Å². The Balaban J connectivity index is 1.70. The summed E-state index contributed by atoms with van der Waals surface area (Å²) in [4.78, 5) is 3.91. The lowest BCUT2D eigenvalue weighted by molar-refractivity contribution is 0.0203. The third-order valence-electron chi connectivity index (χ3n) is 2.47. The lowest BCUT2D eigenvalue weighted by Crippen LogP contribution is -2.21. The fourth-order valence-corrected chi connectivity index (χ4v) is 1.71. The summed E-state index contributed by atoms with van der Waals surface area (Å²) in [6.45, 7) is 1.25. The Bertz CT molecular complexity index is 456. The molecule has 1 aromatic carbocycles. The van der Waals surface area contributed by atoms with Crippen molar-refractivity contribution in [2.75, 3.05) is 6.61 Å². The SMILES string of the molecule is OC(COCc1ccc(Cl)cc1)Cn1ccnc1. The van der Waals surface area contributed by atoms with Crippen LogP contribution in [0.1, 0.15) is 5.56 Å². The standard InChI is InChI=1S/C13H15ClN2O2/c14-12-3-1-11(2-4-12)8-18-9-13(17)7-16-6-5-15-10-16/h1-6,10,13,17H,7-9H2. The van der Waals surface area contributed by atoms with E-state index in [0.717, 1.165) is 5.56 Å².